The molecule has 4 aliphatic rings. The zero-order valence-electron chi connectivity index (χ0n) is 13.9. The Labute approximate surface area is 159 Å². The molecule has 0 aromatic heterocycles. The molecular weight excluding hydrogens is 378 g/mol. The number of benzene rings is 1. The molecule has 4 atom stereocenters. The third-order valence-electron chi connectivity index (χ3n) is 5.54. The summed E-state index contributed by atoms with van der Waals surface area (Å²) in [5.41, 5.74) is -0.0285. The first-order chi connectivity index (χ1) is 11.7. The average Bonchev–Trinajstić information content (AvgIpc) is 2.87. The molecule has 1 aromatic carbocycles. The lowest BCUT2D eigenvalue weighted by Gasteiger charge is -2.57. The quantitative estimate of drug-likeness (QED) is 0.684. The third-order valence-corrected chi connectivity index (χ3v) is 9.49. The fourth-order valence-electron chi connectivity index (χ4n) is 4.07. The smallest absolute Gasteiger partial charge is 0.261 e. The largest absolute Gasteiger partial charge is 0.319 e. The minimum atomic E-state index is -1.02. The Morgan fingerprint density at radius 2 is 1.84 bits per heavy atom. The highest BCUT2D eigenvalue weighted by molar-refractivity contribution is 8.78. The molecule has 130 valence electrons. The van der Waals surface area contributed by atoms with Gasteiger partial charge in [-0.3, -0.25) is 9.59 Å². The summed E-state index contributed by atoms with van der Waals surface area (Å²) in [6.45, 7) is 3.61. The predicted octanol–water partition coefficient (Wildman–Crippen LogP) is 3.42. The van der Waals surface area contributed by atoms with E-state index in [1.807, 2.05) is 19.1 Å². The van der Waals surface area contributed by atoms with E-state index >= 15 is 0 Å². The summed E-state index contributed by atoms with van der Waals surface area (Å²) in [5, 5.41) is 10.5. The summed E-state index contributed by atoms with van der Waals surface area (Å²) in [6, 6.07) is 9.09. The first-order valence-corrected chi connectivity index (χ1v) is 10.4. The van der Waals surface area contributed by atoms with Crippen molar-refractivity contribution in [2.45, 2.75) is 36.1 Å². The van der Waals surface area contributed by atoms with Gasteiger partial charge in [-0.15, -0.1) is 0 Å². The maximum Gasteiger partial charge on any atom is 0.261 e. The second kappa shape index (κ2) is 5.09. The predicted molar refractivity (Wildman–Crippen MR) is 98.5 cm³/mol. The van der Waals surface area contributed by atoms with Gasteiger partial charge in [-0.1, -0.05) is 45.3 Å². The summed E-state index contributed by atoms with van der Waals surface area (Å²) < 4.78 is 0. The van der Waals surface area contributed by atoms with E-state index in [1.54, 1.807) is 31.0 Å². The van der Waals surface area contributed by atoms with Gasteiger partial charge >= 0.3 is 0 Å². The van der Waals surface area contributed by atoms with Crippen LogP contribution in [0.5, 0.6) is 0 Å². The highest BCUT2D eigenvalue weighted by Crippen LogP contribution is 2.69. The van der Waals surface area contributed by atoms with Crippen LogP contribution in [0.15, 0.2) is 24.3 Å². The van der Waals surface area contributed by atoms with Crippen LogP contribution in [0.4, 0.5) is 0 Å². The Hall–Kier alpha value is -1.36. The molecule has 0 saturated carbocycles. The molecule has 0 aliphatic carbocycles. The molecule has 4 saturated heterocycles. The molecule has 2 bridgehead atoms. The molecule has 25 heavy (non-hydrogen) atoms. The molecule has 3 unspecified atom stereocenters. The normalized spacial score (nSPS) is 39.6. The van der Waals surface area contributed by atoms with Crippen molar-refractivity contribution in [3.63, 3.8) is 0 Å². The Morgan fingerprint density at radius 1 is 1.20 bits per heavy atom. The van der Waals surface area contributed by atoms with E-state index in [2.05, 4.69) is 6.07 Å². The van der Waals surface area contributed by atoms with Crippen LogP contribution in [0.1, 0.15) is 31.9 Å². The first-order valence-electron chi connectivity index (χ1n) is 7.85. The summed E-state index contributed by atoms with van der Waals surface area (Å²) in [5.74, 6) is -0.214. The second-order valence-corrected chi connectivity index (χ2v) is 10.4. The lowest BCUT2D eigenvalue weighted by Crippen LogP contribution is -2.73. The molecule has 0 radical (unpaired) electrons. The number of fused-ring (bicyclic) bond motifs is 2. The number of nitrogens with zero attached hydrogens (tertiary/aromatic N) is 3. The molecule has 5 nitrogen and oxygen atoms in total. The van der Waals surface area contributed by atoms with Crippen LogP contribution in [-0.2, 0) is 9.59 Å². The second-order valence-electron chi connectivity index (χ2n) is 7.13. The number of rotatable bonds is 1. The van der Waals surface area contributed by atoms with E-state index in [0.29, 0.717) is 11.4 Å². The third kappa shape index (κ3) is 1.93. The summed E-state index contributed by atoms with van der Waals surface area (Å²) in [4.78, 5) is 27.7. The number of amides is 2. The monoisotopic (exact) mass is 393 g/mol. The van der Waals surface area contributed by atoms with Crippen molar-refractivity contribution < 1.29 is 9.59 Å². The van der Waals surface area contributed by atoms with Crippen LogP contribution >= 0.6 is 33.2 Å². The van der Waals surface area contributed by atoms with Crippen molar-refractivity contribution in [3.05, 3.63) is 34.9 Å². The number of likely N-dealkylation sites (N-methyl/N-ethyl adjacent to an activating group) is 1. The van der Waals surface area contributed by atoms with Gasteiger partial charge in [-0.2, -0.15) is 5.26 Å². The van der Waals surface area contributed by atoms with Gasteiger partial charge in [-0.25, -0.2) is 0 Å². The number of hydrogen-bond acceptors (Lipinski definition) is 5. The summed E-state index contributed by atoms with van der Waals surface area (Å²) >= 11 is 6.00. The van der Waals surface area contributed by atoms with Crippen LogP contribution in [0.3, 0.4) is 0 Å². The molecule has 0 N–H and O–H groups in total. The van der Waals surface area contributed by atoms with Crippen LogP contribution in [0.2, 0.25) is 5.02 Å². The molecule has 4 heterocycles. The zero-order chi connectivity index (χ0) is 18.2. The molecule has 1 spiro atoms. The van der Waals surface area contributed by atoms with E-state index in [0.717, 1.165) is 5.56 Å². The maximum atomic E-state index is 13.4. The van der Waals surface area contributed by atoms with E-state index in [1.165, 1.54) is 26.5 Å². The van der Waals surface area contributed by atoms with Gasteiger partial charge in [0.2, 0.25) is 0 Å². The van der Waals surface area contributed by atoms with Crippen LogP contribution in [0, 0.1) is 16.7 Å². The first kappa shape index (κ1) is 17.1. The summed E-state index contributed by atoms with van der Waals surface area (Å²) in [7, 11) is 4.50. The average molecular weight is 394 g/mol. The minimum Gasteiger partial charge on any atom is -0.319 e. The molecule has 2 amide bonds. The Morgan fingerprint density at radius 3 is 2.44 bits per heavy atom. The van der Waals surface area contributed by atoms with Gasteiger partial charge in [0.25, 0.3) is 11.8 Å². The van der Waals surface area contributed by atoms with Gasteiger partial charge < -0.3 is 9.80 Å². The van der Waals surface area contributed by atoms with Crippen LogP contribution < -0.4 is 0 Å². The number of carbonyl (C=O) groups is 2. The van der Waals surface area contributed by atoms with Gasteiger partial charge in [0.15, 0.2) is 9.74 Å². The number of halogens is 1. The zero-order valence-corrected chi connectivity index (χ0v) is 16.3. The highest BCUT2D eigenvalue weighted by atomic mass is 35.5. The fourth-order valence-corrected chi connectivity index (χ4v) is 7.77. The number of nitriles is 1. The Balaban J connectivity index is 1.93. The van der Waals surface area contributed by atoms with E-state index < -0.39 is 21.2 Å². The molecule has 8 heteroatoms. The Bertz CT molecular complexity index is 841. The number of carbonyl (C=O) groups excluding carboxylic acids is 2. The number of piperazine rings is 1. The maximum absolute atomic E-state index is 13.4. The van der Waals surface area contributed by atoms with Gasteiger partial charge in [0.1, 0.15) is 0 Å². The Kier molecular flexibility index (Phi) is 3.48. The SMILES string of the molecule is CN1C(=O)C23C[C@](C)(C#N)C(c4ccc(Cl)cc4)N2C(=O)C1(C)SS3. The van der Waals surface area contributed by atoms with Crippen molar-refractivity contribution in [1.29, 1.82) is 5.26 Å². The lowest BCUT2D eigenvalue weighted by molar-refractivity contribution is -0.164. The summed E-state index contributed by atoms with van der Waals surface area (Å²) in [6.07, 6.45) is 0.312. The fraction of sp³-hybridized carbons (Fsp3) is 0.471. The van der Waals surface area contributed by atoms with Crippen LogP contribution in [0.25, 0.3) is 0 Å². The molecule has 1 aromatic rings. The molecule has 4 aliphatic heterocycles. The molecule has 5 rings (SSSR count). The minimum absolute atomic E-state index is 0.101. The molecular formula is C17H16ClN3O2S2. The van der Waals surface area contributed by atoms with Gasteiger partial charge in [-0.05, 0) is 31.5 Å². The van der Waals surface area contributed by atoms with Crippen molar-refractivity contribution >= 4 is 45.0 Å². The van der Waals surface area contributed by atoms with Crippen molar-refractivity contribution in [2.75, 3.05) is 7.05 Å². The lowest BCUT2D eigenvalue weighted by atomic mass is 9.79. The van der Waals surface area contributed by atoms with Crippen molar-refractivity contribution in [2.24, 2.45) is 5.41 Å². The van der Waals surface area contributed by atoms with Gasteiger partial charge in [0.05, 0.1) is 17.5 Å². The van der Waals surface area contributed by atoms with Crippen LogP contribution in [-0.4, -0.2) is 38.4 Å². The van der Waals surface area contributed by atoms with Gasteiger partial charge in [0, 0.05) is 18.5 Å². The van der Waals surface area contributed by atoms with E-state index in [9.17, 15) is 14.9 Å². The van der Waals surface area contributed by atoms with Crippen molar-refractivity contribution in [3.8, 4) is 6.07 Å². The standard InChI is InChI=1S/C17H16ClN3O2S2/c1-15(9-19)8-17-14(23)20(3)16(2,24-25-17)13(22)21(17)12(15)10-4-6-11(18)7-5-10/h4-7,12H,8H2,1-3H3/t12?,15-,16?,17?/m1/s1. The highest BCUT2D eigenvalue weighted by Gasteiger charge is 2.74. The van der Waals surface area contributed by atoms with E-state index in [4.69, 9.17) is 11.6 Å². The number of hydrogen-bond donors (Lipinski definition) is 0. The van der Waals surface area contributed by atoms with Crippen molar-refractivity contribution in [1.82, 2.24) is 9.80 Å². The van der Waals surface area contributed by atoms with E-state index in [-0.39, 0.29) is 11.8 Å². The topological polar surface area (TPSA) is 64.4 Å². The molecule has 4 fully saturated rings.